The first-order chi connectivity index (χ1) is 8.70. The van der Waals surface area contributed by atoms with Gasteiger partial charge in [-0.1, -0.05) is 0 Å². The van der Waals surface area contributed by atoms with E-state index in [1.54, 1.807) is 18.2 Å². The molecule has 0 spiro atoms. The van der Waals surface area contributed by atoms with Crippen LogP contribution in [0.2, 0.25) is 0 Å². The quantitative estimate of drug-likeness (QED) is 0.659. The first kappa shape index (κ1) is 12.4. The minimum Gasteiger partial charge on any atom is -0.482 e. The number of amides is 2. The molecule has 0 aliphatic carbocycles. The Bertz CT molecular complexity index is 474. The molecule has 1 aromatic carbocycles. The van der Waals surface area contributed by atoms with E-state index in [1.807, 2.05) is 0 Å². The zero-order valence-electron chi connectivity index (χ0n) is 9.86. The molecule has 1 aliphatic rings. The number of nitrogens with one attached hydrogen (secondary N) is 2. The van der Waals surface area contributed by atoms with Gasteiger partial charge in [-0.05, 0) is 31.2 Å². The molecule has 0 saturated heterocycles. The Labute approximate surface area is 104 Å². The minimum atomic E-state index is -0.219. The third-order valence-electron chi connectivity index (χ3n) is 2.54. The molecule has 0 saturated carbocycles. The van der Waals surface area contributed by atoms with Gasteiger partial charge in [0.1, 0.15) is 5.75 Å². The lowest BCUT2D eigenvalue weighted by atomic mass is 10.1. The van der Waals surface area contributed by atoms with Crippen LogP contribution in [0.25, 0.3) is 0 Å². The van der Waals surface area contributed by atoms with Gasteiger partial charge < -0.3 is 21.1 Å². The molecular weight excluding hydrogens is 234 g/mol. The number of anilines is 1. The van der Waals surface area contributed by atoms with Crippen LogP contribution in [-0.2, 0) is 4.79 Å². The van der Waals surface area contributed by atoms with E-state index in [0.29, 0.717) is 30.1 Å². The molecule has 0 atom stereocenters. The number of fused-ring (bicyclic) bond motifs is 1. The van der Waals surface area contributed by atoms with Gasteiger partial charge in [0.05, 0.1) is 5.69 Å². The zero-order valence-corrected chi connectivity index (χ0v) is 9.86. The molecule has 96 valence electrons. The molecule has 2 rings (SSSR count). The Hall–Kier alpha value is -2.08. The average Bonchev–Trinajstić information content (AvgIpc) is 2.38. The topological polar surface area (TPSA) is 93.5 Å². The van der Waals surface area contributed by atoms with Gasteiger partial charge in [-0.2, -0.15) is 0 Å². The van der Waals surface area contributed by atoms with Crippen LogP contribution in [0.5, 0.6) is 5.75 Å². The van der Waals surface area contributed by atoms with Gasteiger partial charge in [0.15, 0.2) is 6.61 Å². The molecule has 0 aromatic heterocycles. The summed E-state index contributed by atoms with van der Waals surface area (Å²) in [6.45, 7) is 1.08. The molecule has 6 nitrogen and oxygen atoms in total. The maximum absolute atomic E-state index is 11.8. The van der Waals surface area contributed by atoms with Crippen molar-refractivity contribution in [3.05, 3.63) is 23.8 Å². The molecule has 1 heterocycles. The normalized spacial score (nSPS) is 13.3. The van der Waals surface area contributed by atoms with Crippen LogP contribution >= 0.6 is 0 Å². The zero-order chi connectivity index (χ0) is 13.0. The molecule has 1 aliphatic heterocycles. The van der Waals surface area contributed by atoms with E-state index in [9.17, 15) is 9.59 Å². The highest BCUT2D eigenvalue weighted by Gasteiger charge is 2.17. The molecule has 2 amide bonds. The van der Waals surface area contributed by atoms with Crippen LogP contribution in [0.1, 0.15) is 16.8 Å². The number of benzene rings is 1. The fourth-order valence-electron chi connectivity index (χ4n) is 1.63. The third-order valence-corrected chi connectivity index (χ3v) is 2.54. The molecule has 0 bridgehead atoms. The molecule has 0 radical (unpaired) electrons. The maximum Gasteiger partial charge on any atom is 0.262 e. The van der Waals surface area contributed by atoms with Crippen LogP contribution in [0.4, 0.5) is 5.69 Å². The summed E-state index contributed by atoms with van der Waals surface area (Å²) in [5.74, 6) is 0.169. The van der Waals surface area contributed by atoms with Crippen molar-refractivity contribution in [1.29, 1.82) is 0 Å². The lowest BCUT2D eigenvalue weighted by molar-refractivity contribution is -0.118. The van der Waals surface area contributed by atoms with Crippen LogP contribution in [-0.4, -0.2) is 31.5 Å². The number of nitrogens with two attached hydrogens (primary N) is 1. The molecule has 18 heavy (non-hydrogen) atoms. The van der Waals surface area contributed by atoms with Crippen LogP contribution in [0.3, 0.4) is 0 Å². The SMILES string of the molecule is NCCCNC(=O)c1ccc2c(c1)NC(=O)CO2. The van der Waals surface area contributed by atoms with E-state index >= 15 is 0 Å². The van der Waals surface area contributed by atoms with E-state index < -0.39 is 0 Å². The highest BCUT2D eigenvalue weighted by Crippen LogP contribution is 2.28. The Kier molecular flexibility index (Phi) is 3.78. The van der Waals surface area contributed by atoms with E-state index in [-0.39, 0.29) is 18.4 Å². The van der Waals surface area contributed by atoms with Crippen molar-refractivity contribution in [3.63, 3.8) is 0 Å². The van der Waals surface area contributed by atoms with E-state index in [1.165, 1.54) is 0 Å². The highest BCUT2D eigenvalue weighted by atomic mass is 16.5. The largest absolute Gasteiger partial charge is 0.482 e. The summed E-state index contributed by atoms with van der Waals surface area (Å²) in [7, 11) is 0. The number of ether oxygens (including phenoxy) is 1. The van der Waals surface area contributed by atoms with Gasteiger partial charge in [-0.25, -0.2) is 0 Å². The second-order valence-corrected chi connectivity index (χ2v) is 3.95. The van der Waals surface area contributed by atoms with Crippen molar-refractivity contribution in [1.82, 2.24) is 5.32 Å². The monoisotopic (exact) mass is 249 g/mol. The second-order valence-electron chi connectivity index (χ2n) is 3.95. The average molecular weight is 249 g/mol. The van der Waals surface area contributed by atoms with Gasteiger partial charge in [-0.3, -0.25) is 9.59 Å². The van der Waals surface area contributed by atoms with Gasteiger partial charge >= 0.3 is 0 Å². The summed E-state index contributed by atoms with van der Waals surface area (Å²) in [5.41, 5.74) is 6.35. The Balaban J connectivity index is 2.08. The molecule has 6 heteroatoms. The predicted molar refractivity (Wildman–Crippen MR) is 66.6 cm³/mol. The van der Waals surface area contributed by atoms with E-state index in [2.05, 4.69) is 10.6 Å². The van der Waals surface area contributed by atoms with Crippen LogP contribution in [0, 0.1) is 0 Å². The smallest absolute Gasteiger partial charge is 0.262 e. The van der Waals surface area contributed by atoms with Crippen molar-refractivity contribution in [3.8, 4) is 5.75 Å². The summed E-state index contributed by atoms with van der Waals surface area (Å²) in [6.07, 6.45) is 0.733. The lowest BCUT2D eigenvalue weighted by Crippen LogP contribution is -2.28. The van der Waals surface area contributed by atoms with Crippen molar-refractivity contribution >= 4 is 17.5 Å². The van der Waals surface area contributed by atoms with Gasteiger partial charge in [0, 0.05) is 12.1 Å². The number of rotatable bonds is 4. The Morgan fingerprint density at radius 1 is 1.50 bits per heavy atom. The van der Waals surface area contributed by atoms with Gasteiger partial charge in [-0.15, -0.1) is 0 Å². The maximum atomic E-state index is 11.8. The molecular formula is C12H15N3O3. The summed E-state index contributed by atoms with van der Waals surface area (Å²) in [4.78, 5) is 22.9. The first-order valence-corrected chi connectivity index (χ1v) is 5.75. The van der Waals surface area contributed by atoms with Crippen molar-refractivity contribution in [2.45, 2.75) is 6.42 Å². The lowest BCUT2D eigenvalue weighted by Gasteiger charge is -2.18. The molecule has 0 fully saturated rings. The van der Waals surface area contributed by atoms with E-state index in [4.69, 9.17) is 10.5 Å². The van der Waals surface area contributed by atoms with Crippen LogP contribution < -0.4 is 21.1 Å². The second kappa shape index (κ2) is 5.50. The third kappa shape index (κ3) is 2.78. The van der Waals surface area contributed by atoms with Gasteiger partial charge in [0.25, 0.3) is 11.8 Å². The van der Waals surface area contributed by atoms with Crippen molar-refractivity contribution in [2.75, 3.05) is 25.0 Å². The fraction of sp³-hybridized carbons (Fsp3) is 0.333. The number of carbonyl (C=O) groups is 2. The van der Waals surface area contributed by atoms with Crippen molar-refractivity contribution in [2.24, 2.45) is 5.73 Å². The molecule has 1 aromatic rings. The Morgan fingerprint density at radius 2 is 2.33 bits per heavy atom. The van der Waals surface area contributed by atoms with E-state index in [0.717, 1.165) is 6.42 Å². The standard InChI is InChI=1S/C12H15N3O3/c13-4-1-5-14-12(17)8-2-3-10-9(6-8)15-11(16)7-18-10/h2-3,6H,1,4-5,7,13H2,(H,14,17)(H,15,16). The summed E-state index contributed by atoms with van der Waals surface area (Å²) in [6, 6.07) is 4.94. The number of hydrogen-bond acceptors (Lipinski definition) is 4. The van der Waals surface area contributed by atoms with Gasteiger partial charge in [0.2, 0.25) is 0 Å². The van der Waals surface area contributed by atoms with Crippen molar-refractivity contribution < 1.29 is 14.3 Å². The molecule has 4 N–H and O–H groups in total. The highest BCUT2D eigenvalue weighted by molar-refractivity contribution is 5.99. The Morgan fingerprint density at radius 3 is 3.11 bits per heavy atom. The minimum absolute atomic E-state index is 0.00897. The summed E-state index contributed by atoms with van der Waals surface area (Å²) < 4.78 is 5.21. The molecule has 0 unspecified atom stereocenters. The number of hydrogen-bond donors (Lipinski definition) is 3. The summed E-state index contributed by atoms with van der Waals surface area (Å²) in [5, 5.41) is 5.40. The number of carbonyl (C=O) groups excluding carboxylic acids is 2. The predicted octanol–water partition coefficient (Wildman–Crippen LogP) is 0.0961. The summed E-state index contributed by atoms with van der Waals surface area (Å²) >= 11 is 0. The van der Waals surface area contributed by atoms with Crippen LogP contribution in [0.15, 0.2) is 18.2 Å². The first-order valence-electron chi connectivity index (χ1n) is 5.75. The fourth-order valence-corrected chi connectivity index (χ4v) is 1.63.